The first-order valence-corrected chi connectivity index (χ1v) is 7.88. The molecule has 2 atom stereocenters. The Morgan fingerprint density at radius 2 is 2.05 bits per heavy atom. The molecule has 0 radical (unpaired) electrons. The predicted octanol–water partition coefficient (Wildman–Crippen LogP) is 0.944. The molecular formula is C16H23FN4O. The van der Waals surface area contributed by atoms with Crippen molar-refractivity contribution in [3.8, 4) is 0 Å². The molecule has 1 heterocycles. The molecule has 3 N–H and O–H groups in total. The molecule has 120 valence electrons. The summed E-state index contributed by atoms with van der Waals surface area (Å²) in [5, 5.41) is 2.98. The molecule has 0 spiro atoms. The van der Waals surface area contributed by atoms with E-state index in [1.807, 2.05) is 0 Å². The molecule has 0 aromatic heterocycles. The van der Waals surface area contributed by atoms with E-state index in [4.69, 9.17) is 0 Å². The maximum absolute atomic E-state index is 12.9. The van der Waals surface area contributed by atoms with Crippen LogP contribution in [-0.4, -0.2) is 43.0 Å². The molecule has 5 nitrogen and oxygen atoms in total. The Hall–Kier alpha value is -1.50. The average Bonchev–Trinajstić information content (AvgIpc) is 3.25. The number of nitrogens with zero attached hydrogens (tertiary/aromatic N) is 1. The second-order valence-corrected chi connectivity index (χ2v) is 6.18. The Bertz CT molecular complexity index is 517. The molecule has 1 saturated carbocycles. The molecule has 2 unspecified atom stereocenters. The second kappa shape index (κ2) is 6.73. The van der Waals surface area contributed by atoms with Crippen LogP contribution in [0, 0.1) is 5.82 Å². The summed E-state index contributed by atoms with van der Waals surface area (Å²) < 4.78 is 12.9. The summed E-state index contributed by atoms with van der Waals surface area (Å²) in [7, 11) is 2.10. The summed E-state index contributed by atoms with van der Waals surface area (Å²) in [6, 6.07) is 6.88. The number of halogens is 1. The van der Waals surface area contributed by atoms with Crippen molar-refractivity contribution in [2.24, 2.45) is 0 Å². The van der Waals surface area contributed by atoms with Crippen LogP contribution in [0.15, 0.2) is 24.3 Å². The van der Waals surface area contributed by atoms with E-state index in [1.54, 1.807) is 12.1 Å². The monoisotopic (exact) mass is 306 g/mol. The third kappa shape index (κ3) is 3.82. The van der Waals surface area contributed by atoms with Crippen LogP contribution in [-0.2, 0) is 4.79 Å². The molecule has 1 aromatic rings. The maximum Gasteiger partial charge on any atom is 0.238 e. The van der Waals surface area contributed by atoms with Gasteiger partial charge in [0.25, 0.3) is 0 Å². The van der Waals surface area contributed by atoms with Crippen LogP contribution in [0.5, 0.6) is 0 Å². The highest BCUT2D eigenvalue weighted by atomic mass is 19.1. The van der Waals surface area contributed by atoms with Gasteiger partial charge < -0.3 is 10.2 Å². The van der Waals surface area contributed by atoms with Crippen molar-refractivity contribution in [1.82, 2.24) is 21.1 Å². The van der Waals surface area contributed by atoms with E-state index in [0.29, 0.717) is 19.0 Å². The number of likely N-dealkylation sites (N-methyl/N-ethyl adjacent to an activating group) is 1. The normalized spacial score (nSPS) is 24.7. The largest absolute Gasteiger partial charge is 0.353 e. The molecule has 2 fully saturated rings. The van der Waals surface area contributed by atoms with E-state index in [1.165, 1.54) is 25.0 Å². The fourth-order valence-corrected chi connectivity index (χ4v) is 2.82. The molecule has 6 heteroatoms. The second-order valence-electron chi connectivity index (χ2n) is 6.18. The summed E-state index contributed by atoms with van der Waals surface area (Å²) in [4.78, 5) is 14.4. The van der Waals surface area contributed by atoms with Crippen molar-refractivity contribution in [3.63, 3.8) is 0 Å². The Morgan fingerprint density at radius 3 is 2.73 bits per heavy atom. The molecule has 1 aliphatic carbocycles. The number of carbonyl (C=O) groups is 1. The highest BCUT2D eigenvalue weighted by Gasteiger charge is 2.30. The Balaban J connectivity index is 1.43. The summed E-state index contributed by atoms with van der Waals surface area (Å²) in [5.74, 6) is -0.231. The van der Waals surface area contributed by atoms with Gasteiger partial charge in [0.1, 0.15) is 11.9 Å². The number of nitrogens with one attached hydrogen (secondary N) is 3. The molecule has 0 bridgehead atoms. The molecule has 22 heavy (non-hydrogen) atoms. The van der Waals surface area contributed by atoms with E-state index in [2.05, 4.69) is 28.1 Å². The van der Waals surface area contributed by atoms with Gasteiger partial charge in [-0.2, -0.15) is 0 Å². The van der Waals surface area contributed by atoms with Crippen LogP contribution in [0.3, 0.4) is 0 Å². The first-order chi connectivity index (χ1) is 10.6. The molecule has 2 aliphatic rings. The third-order valence-electron chi connectivity index (χ3n) is 4.43. The quantitative estimate of drug-likeness (QED) is 0.732. The molecule has 1 aromatic carbocycles. The highest BCUT2D eigenvalue weighted by molar-refractivity contribution is 5.82. The third-order valence-corrected chi connectivity index (χ3v) is 4.43. The van der Waals surface area contributed by atoms with Crippen molar-refractivity contribution >= 4 is 5.91 Å². The summed E-state index contributed by atoms with van der Waals surface area (Å²) in [5.41, 5.74) is 7.11. The van der Waals surface area contributed by atoms with Crippen molar-refractivity contribution in [2.75, 3.05) is 20.1 Å². The van der Waals surface area contributed by atoms with Crippen LogP contribution >= 0.6 is 0 Å². The zero-order chi connectivity index (χ0) is 15.5. The maximum atomic E-state index is 12.9. The van der Waals surface area contributed by atoms with E-state index < -0.39 is 0 Å². The van der Waals surface area contributed by atoms with Crippen LogP contribution in [0.25, 0.3) is 0 Å². The number of amides is 1. The minimum absolute atomic E-state index is 0.0151. The number of hydrogen-bond donors (Lipinski definition) is 3. The van der Waals surface area contributed by atoms with Crippen molar-refractivity contribution < 1.29 is 9.18 Å². The first-order valence-electron chi connectivity index (χ1n) is 7.88. The number of hydrazine groups is 1. The summed E-state index contributed by atoms with van der Waals surface area (Å²) >= 11 is 0. The van der Waals surface area contributed by atoms with Gasteiger partial charge in [0.15, 0.2) is 0 Å². The highest BCUT2D eigenvalue weighted by Crippen LogP contribution is 2.25. The summed E-state index contributed by atoms with van der Waals surface area (Å²) in [6.45, 7) is 1.56. The fraction of sp³-hybridized carbons (Fsp3) is 0.562. The molecule has 1 saturated heterocycles. The Kier molecular flexibility index (Phi) is 4.71. The van der Waals surface area contributed by atoms with Gasteiger partial charge in [-0.25, -0.2) is 15.2 Å². The van der Waals surface area contributed by atoms with E-state index in [-0.39, 0.29) is 23.8 Å². The Labute approximate surface area is 130 Å². The minimum atomic E-state index is -0.249. The van der Waals surface area contributed by atoms with Gasteiger partial charge in [-0.3, -0.25) is 4.79 Å². The zero-order valence-corrected chi connectivity index (χ0v) is 12.8. The van der Waals surface area contributed by atoms with Crippen molar-refractivity contribution in [1.29, 1.82) is 0 Å². The molecule has 1 aliphatic heterocycles. The standard InChI is InChI=1S/C16H23FN4O/c1-21(13-6-7-13)9-8-18-16(22)15-10-14(19-20-15)11-2-4-12(17)5-3-11/h2-5,13-15,19-20H,6-10H2,1H3,(H,18,22). The van der Waals surface area contributed by atoms with Gasteiger partial charge in [-0.1, -0.05) is 12.1 Å². The number of carbonyl (C=O) groups excluding carboxylic acids is 1. The van der Waals surface area contributed by atoms with Crippen LogP contribution < -0.4 is 16.2 Å². The average molecular weight is 306 g/mol. The predicted molar refractivity (Wildman–Crippen MR) is 82.5 cm³/mol. The number of benzene rings is 1. The van der Waals surface area contributed by atoms with Gasteiger partial charge in [0.2, 0.25) is 5.91 Å². The minimum Gasteiger partial charge on any atom is -0.353 e. The Morgan fingerprint density at radius 1 is 1.32 bits per heavy atom. The SMILES string of the molecule is CN(CCNC(=O)C1CC(c2ccc(F)cc2)NN1)C1CC1. The van der Waals surface area contributed by atoms with Crippen molar-refractivity contribution in [2.45, 2.75) is 37.4 Å². The lowest BCUT2D eigenvalue weighted by atomic mass is 10.0. The lowest BCUT2D eigenvalue weighted by Crippen LogP contribution is -2.45. The van der Waals surface area contributed by atoms with E-state index >= 15 is 0 Å². The lowest BCUT2D eigenvalue weighted by molar-refractivity contribution is -0.122. The van der Waals surface area contributed by atoms with Gasteiger partial charge in [0, 0.05) is 25.2 Å². The van der Waals surface area contributed by atoms with Crippen LogP contribution in [0.1, 0.15) is 30.9 Å². The molecular weight excluding hydrogens is 283 g/mol. The first kappa shape index (κ1) is 15.4. The lowest BCUT2D eigenvalue weighted by Gasteiger charge is -2.17. The van der Waals surface area contributed by atoms with Gasteiger partial charge in [0.05, 0.1) is 0 Å². The fourth-order valence-electron chi connectivity index (χ4n) is 2.82. The van der Waals surface area contributed by atoms with E-state index in [0.717, 1.165) is 12.1 Å². The van der Waals surface area contributed by atoms with Gasteiger partial charge in [-0.15, -0.1) is 0 Å². The van der Waals surface area contributed by atoms with Crippen LogP contribution in [0.4, 0.5) is 4.39 Å². The van der Waals surface area contributed by atoms with Gasteiger partial charge >= 0.3 is 0 Å². The topological polar surface area (TPSA) is 56.4 Å². The molecule has 1 amide bonds. The molecule has 3 rings (SSSR count). The number of rotatable bonds is 6. The number of hydrogen-bond acceptors (Lipinski definition) is 4. The summed E-state index contributed by atoms with van der Waals surface area (Å²) in [6.07, 6.45) is 3.21. The zero-order valence-electron chi connectivity index (χ0n) is 12.8. The van der Waals surface area contributed by atoms with Gasteiger partial charge in [-0.05, 0) is 44.0 Å². The van der Waals surface area contributed by atoms with Crippen LogP contribution in [0.2, 0.25) is 0 Å². The smallest absolute Gasteiger partial charge is 0.238 e. The van der Waals surface area contributed by atoms with E-state index in [9.17, 15) is 9.18 Å². The van der Waals surface area contributed by atoms with Crippen molar-refractivity contribution in [3.05, 3.63) is 35.6 Å².